The summed E-state index contributed by atoms with van der Waals surface area (Å²) in [6.45, 7) is -0.563. The van der Waals surface area contributed by atoms with Crippen LogP contribution in [0.5, 0.6) is 0 Å². The number of aliphatic carboxylic acids is 2. The molecular formula is C13H18N4O9. The molecule has 1 aromatic rings. The van der Waals surface area contributed by atoms with Gasteiger partial charge < -0.3 is 41.3 Å². The summed E-state index contributed by atoms with van der Waals surface area (Å²) in [6, 6.07) is -1.70. The fraction of sp³-hybridized carbons (Fsp3) is 0.538. The number of anilines is 1. The predicted molar refractivity (Wildman–Crippen MR) is 80.8 cm³/mol. The number of nitrogen functional groups attached to an aromatic ring is 1. The Morgan fingerprint density at radius 1 is 1.31 bits per heavy atom. The number of amides is 1. The van der Waals surface area contributed by atoms with Crippen LogP contribution in [0.1, 0.15) is 23.1 Å². The molecule has 0 radical (unpaired) electrons. The van der Waals surface area contributed by atoms with Gasteiger partial charge in [0.15, 0.2) is 11.9 Å². The third kappa shape index (κ3) is 3.75. The number of nitrogens with one attached hydrogen (secondary N) is 1. The molecule has 1 amide bonds. The summed E-state index contributed by atoms with van der Waals surface area (Å²) >= 11 is 0. The standard InChI is InChI=1S/C13H18N4O9/c14-10-7(11(23)16-4(13(24)25)1-6(19)20)15-3-17(10)12-9(22)8(21)5(2-18)26-12/h3-5,8-9,12,18,21-22H,1-2,14H2,(H,16,23)(H,19,20)(H,24,25)/t4-,5+,8+,9+,12+/m0/s1. The second-order valence-corrected chi connectivity index (χ2v) is 5.58. The Hall–Kier alpha value is -2.74. The molecule has 13 nitrogen and oxygen atoms in total. The van der Waals surface area contributed by atoms with Gasteiger partial charge in [0, 0.05) is 0 Å². The van der Waals surface area contributed by atoms with Crippen molar-refractivity contribution >= 4 is 23.7 Å². The Kier molecular flexibility index (Phi) is 5.76. The number of ether oxygens (including phenoxy) is 1. The number of aliphatic hydroxyl groups is 3. The lowest BCUT2D eigenvalue weighted by atomic mass is 10.1. The molecule has 1 saturated heterocycles. The summed E-state index contributed by atoms with van der Waals surface area (Å²) < 4.78 is 6.29. The zero-order chi connectivity index (χ0) is 19.6. The van der Waals surface area contributed by atoms with E-state index in [0.29, 0.717) is 0 Å². The average molecular weight is 374 g/mol. The van der Waals surface area contributed by atoms with E-state index in [-0.39, 0.29) is 5.82 Å². The van der Waals surface area contributed by atoms with Crippen molar-refractivity contribution in [2.75, 3.05) is 12.3 Å². The minimum Gasteiger partial charge on any atom is -0.481 e. The molecule has 13 heteroatoms. The topological polar surface area (TPSA) is 217 Å². The summed E-state index contributed by atoms with van der Waals surface area (Å²) in [5.74, 6) is -4.33. The van der Waals surface area contributed by atoms with Gasteiger partial charge >= 0.3 is 11.9 Å². The largest absolute Gasteiger partial charge is 0.481 e. The molecule has 144 valence electrons. The number of rotatable bonds is 7. The number of nitrogens with two attached hydrogens (primary N) is 1. The van der Waals surface area contributed by atoms with Crippen LogP contribution in [0.3, 0.4) is 0 Å². The van der Waals surface area contributed by atoms with Crippen molar-refractivity contribution in [3.63, 3.8) is 0 Å². The van der Waals surface area contributed by atoms with Gasteiger partial charge in [-0.1, -0.05) is 0 Å². The number of carbonyl (C=O) groups is 3. The predicted octanol–water partition coefficient (Wildman–Crippen LogP) is -3.27. The van der Waals surface area contributed by atoms with Crippen molar-refractivity contribution in [2.45, 2.75) is 37.0 Å². The Bertz CT molecular complexity index is 706. The van der Waals surface area contributed by atoms with Gasteiger partial charge in [-0.3, -0.25) is 14.2 Å². The van der Waals surface area contributed by atoms with E-state index >= 15 is 0 Å². The third-order valence-corrected chi connectivity index (χ3v) is 3.82. The fourth-order valence-corrected chi connectivity index (χ4v) is 2.46. The highest BCUT2D eigenvalue weighted by molar-refractivity contribution is 5.99. The van der Waals surface area contributed by atoms with Gasteiger partial charge in [-0.15, -0.1) is 0 Å². The lowest BCUT2D eigenvalue weighted by molar-refractivity contribution is -0.145. The molecule has 5 atom stereocenters. The van der Waals surface area contributed by atoms with E-state index in [2.05, 4.69) is 4.98 Å². The molecule has 0 saturated carbocycles. The second kappa shape index (κ2) is 7.65. The van der Waals surface area contributed by atoms with E-state index in [1.807, 2.05) is 5.32 Å². The van der Waals surface area contributed by atoms with E-state index in [4.69, 9.17) is 25.8 Å². The maximum Gasteiger partial charge on any atom is 0.326 e. The minimum absolute atomic E-state index is 0.309. The first-order chi connectivity index (χ1) is 12.2. The number of carbonyl (C=O) groups excluding carboxylic acids is 1. The van der Waals surface area contributed by atoms with E-state index < -0.39 is 67.1 Å². The lowest BCUT2D eigenvalue weighted by Crippen LogP contribution is -2.42. The van der Waals surface area contributed by atoms with Crippen LogP contribution in [0.25, 0.3) is 0 Å². The number of imidazole rings is 1. The Morgan fingerprint density at radius 3 is 2.46 bits per heavy atom. The van der Waals surface area contributed by atoms with E-state index in [1.54, 1.807) is 0 Å². The SMILES string of the molecule is Nc1c(C(=O)N[C@@H](CC(=O)O)C(=O)O)ncn1[C@@H]1O[C@H](CO)[C@@H](O)[C@H]1O. The average Bonchev–Trinajstić information content (AvgIpc) is 3.07. The number of nitrogens with zero attached hydrogens (tertiary/aromatic N) is 2. The van der Waals surface area contributed by atoms with Crippen molar-refractivity contribution in [2.24, 2.45) is 0 Å². The number of hydrogen-bond donors (Lipinski definition) is 7. The molecule has 0 aromatic carbocycles. The smallest absolute Gasteiger partial charge is 0.326 e. The molecule has 0 bridgehead atoms. The first-order valence-electron chi connectivity index (χ1n) is 7.37. The van der Waals surface area contributed by atoms with Crippen LogP contribution in [0.15, 0.2) is 6.33 Å². The fourth-order valence-electron chi connectivity index (χ4n) is 2.46. The van der Waals surface area contributed by atoms with Gasteiger partial charge in [0.1, 0.15) is 30.2 Å². The molecule has 2 rings (SSSR count). The monoisotopic (exact) mass is 374 g/mol. The second-order valence-electron chi connectivity index (χ2n) is 5.58. The third-order valence-electron chi connectivity index (χ3n) is 3.82. The summed E-state index contributed by atoms with van der Waals surface area (Å²) in [7, 11) is 0. The molecular weight excluding hydrogens is 356 g/mol. The number of aliphatic hydroxyl groups excluding tert-OH is 3. The number of carboxylic acid groups (broad SMARTS) is 2. The molecule has 8 N–H and O–H groups in total. The van der Waals surface area contributed by atoms with Crippen LogP contribution in [-0.2, 0) is 14.3 Å². The highest BCUT2D eigenvalue weighted by Crippen LogP contribution is 2.31. The van der Waals surface area contributed by atoms with Crippen LogP contribution < -0.4 is 11.1 Å². The minimum atomic E-state index is -1.70. The normalized spacial score (nSPS) is 26.4. The van der Waals surface area contributed by atoms with Crippen molar-refractivity contribution in [1.29, 1.82) is 0 Å². The zero-order valence-electron chi connectivity index (χ0n) is 13.2. The molecule has 1 aliphatic heterocycles. The Labute approximate surface area is 145 Å². The molecule has 1 fully saturated rings. The van der Waals surface area contributed by atoms with Crippen LogP contribution >= 0.6 is 0 Å². The number of aromatic nitrogens is 2. The summed E-state index contributed by atoms with van der Waals surface area (Å²) in [5.41, 5.74) is 5.36. The summed E-state index contributed by atoms with van der Waals surface area (Å²) in [5, 5.41) is 48.4. The van der Waals surface area contributed by atoms with Crippen LogP contribution in [0.4, 0.5) is 5.82 Å². The molecule has 1 aliphatic rings. The van der Waals surface area contributed by atoms with Crippen LogP contribution in [0.2, 0.25) is 0 Å². The quantitative estimate of drug-likeness (QED) is 0.251. The Balaban J connectivity index is 2.19. The van der Waals surface area contributed by atoms with Gasteiger partial charge in [-0.25, -0.2) is 9.78 Å². The van der Waals surface area contributed by atoms with E-state index in [1.165, 1.54) is 0 Å². The van der Waals surface area contributed by atoms with Crippen molar-refractivity contribution in [3.05, 3.63) is 12.0 Å². The highest BCUT2D eigenvalue weighted by atomic mass is 16.6. The van der Waals surface area contributed by atoms with Crippen molar-refractivity contribution in [1.82, 2.24) is 14.9 Å². The van der Waals surface area contributed by atoms with Crippen LogP contribution in [0, 0.1) is 0 Å². The molecule has 1 aromatic heterocycles. The van der Waals surface area contributed by atoms with E-state index in [9.17, 15) is 24.6 Å². The van der Waals surface area contributed by atoms with Crippen LogP contribution in [-0.4, -0.2) is 83.9 Å². The summed E-state index contributed by atoms with van der Waals surface area (Å²) in [6.07, 6.45) is -4.98. The zero-order valence-corrected chi connectivity index (χ0v) is 13.2. The number of carboxylic acids is 2. The molecule has 26 heavy (non-hydrogen) atoms. The summed E-state index contributed by atoms with van der Waals surface area (Å²) in [4.78, 5) is 37.5. The Morgan fingerprint density at radius 2 is 1.96 bits per heavy atom. The first-order valence-corrected chi connectivity index (χ1v) is 7.37. The van der Waals surface area contributed by atoms with Gasteiger partial charge in [0.2, 0.25) is 0 Å². The lowest BCUT2D eigenvalue weighted by Gasteiger charge is -2.17. The van der Waals surface area contributed by atoms with Crippen molar-refractivity contribution in [3.8, 4) is 0 Å². The molecule has 0 spiro atoms. The molecule has 0 aliphatic carbocycles. The molecule has 2 heterocycles. The van der Waals surface area contributed by atoms with Gasteiger partial charge in [0.25, 0.3) is 5.91 Å². The van der Waals surface area contributed by atoms with Gasteiger partial charge in [0.05, 0.1) is 19.4 Å². The van der Waals surface area contributed by atoms with Gasteiger partial charge in [-0.05, 0) is 0 Å². The first kappa shape index (κ1) is 19.6. The van der Waals surface area contributed by atoms with Crippen molar-refractivity contribution < 1.29 is 44.7 Å². The highest BCUT2D eigenvalue weighted by Gasteiger charge is 2.44. The van der Waals surface area contributed by atoms with Gasteiger partial charge in [-0.2, -0.15) is 0 Å². The maximum atomic E-state index is 12.1. The van der Waals surface area contributed by atoms with E-state index in [0.717, 1.165) is 10.9 Å². The number of hydrogen-bond acceptors (Lipinski definition) is 9. The molecule has 0 unspecified atom stereocenters. The maximum absolute atomic E-state index is 12.1.